The molecule has 0 atom stereocenters. The van der Waals surface area contributed by atoms with Gasteiger partial charge in [-0.25, -0.2) is 4.79 Å². The van der Waals surface area contributed by atoms with Crippen molar-refractivity contribution < 1.29 is 27.8 Å². The molecular weight excluding hydrogens is 349 g/mol. The Balaban J connectivity index is 0.000000187. The number of nitrogens with zero attached hydrogens (tertiary/aromatic N) is 1. The maximum Gasteiger partial charge on any atom is 0.433 e. The molecule has 0 spiro atoms. The molecule has 1 aliphatic heterocycles. The molecule has 1 aliphatic rings. The van der Waals surface area contributed by atoms with Crippen molar-refractivity contribution in [1.82, 2.24) is 0 Å². The summed E-state index contributed by atoms with van der Waals surface area (Å²) in [6.45, 7) is 2.38. The van der Waals surface area contributed by atoms with Gasteiger partial charge in [0.2, 0.25) is 0 Å². The van der Waals surface area contributed by atoms with Crippen LogP contribution >= 0.6 is 0 Å². The number of ether oxygens (including phenoxy) is 1. The first-order valence-electron chi connectivity index (χ1n) is 7.64. The number of benzene rings is 2. The van der Waals surface area contributed by atoms with Gasteiger partial charge in [0, 0.05) is 12.0 Å². The lowest BCUT2D eigenvalue weighted by molar-refractivity contribution is -0.137. The summed E-state index contributed by atoms with van der Waals surface area (Å²) in [6.07, 6.45) is -4.96. The Hall–Kier alpha value is -3.03. The smallest absolute Gasteiger partial charge is 0.433 e. The third-order valence-electron chi connectivity index (χ3n) is 3.55. The Morgan fingerprint density at radius 2 is 1.96 bits per heavy atom. The van der Waals surface area contributed by atoms with Gasteiger partial charge in [-0.1, -0.05) is 23.8 Å². The molecule has 2 aromatic carbocycles. The highest BCUT2D eigenvalue weighted by molar-refractivity contribution is 6.02. The molecule has 0 saturated carbocycles. The van der Waals surface area contributed by atoms with Crippen LogP contribution in [0, 0.1) is 6.92 Å². The Bertz CT molecular complexity index is 833. The van der Waals surface area contributed by atoms with Crippen molar-refractivity contribution in [2.24, 2.45) is 10.7 Å². The van der Waals surface area contributed by atoms with Crippen molar-refractivity contribution in [2.45, 2.75) is 19.5 Å². The van der Waals surface area contributed by atoms with E-state index in [0.717, 1.165) is 17.7 Å². The minimum absolute atomic E-state index is 0.0243. The first-order chi connectivity index (χ1) is 12.2. The van der Waals surface area contributed by atoms with E-state index in [1.165, 1.54) is 6.07 Å². The number of nitrogens with two attached hydrogens (primary N) is 1. The summed E-state index contributed by atoms with van der Waals surface area (Å²) in [5, 5.41) is 8.35. The number of hydrogen-bond donors (Lipinski definition) is 2. The van der Waals surface area contributed by atoms with Crippen LogP contribution in [-0.4, -0.2) is 23.6 Å². The molecule has 8 heteroatoms. The molecular formula is C18H17F3N2O3. The number of hydrogen-bond acceptors (Lipinski definition) is 2. The standard InChI is InChI=1S/C9H7F3O.C9H10N2O2/c10-9(11,12)7-1-2-8-6(5-7)3-4-13-8;1-6-3-2-4-7(5-6)8(10)11-9(12)13/h1-2,5H,3-4H2;2-5H,1H3,(H2,10,11)(H,12,13). The first kappa shape index (κ1) is 19.3. The number of halogens is 3. The number of aryl methyl sites for hydroxylation is 1. The van der Waals surface area contributed by atoms with Crippen molar-refractivity contribution in [1.29, 1.82) is 0 Å². The van der Waals surface area contributed by atoms with Gasteiger partial charge in [-0.3, -0.25) is 0 Å². The van der Waals surface area contributed by atoms with Crippen LogP contribution in [0.2, 0.25) is 0 Å². The summed E-state index contributed by atoms with van der Waals surface area (Å²) >= 11 is 0. The molecule has 2 aromatic rings. The van der Waals surface area contributed by atoms with Gasteiger partial charge in [-0.15, -0.1) is 0 Å². The highest BCUT2D eigenvalue weighted by Crippen LogP contribution is 2.34. The SMILES string of the molecule is Cc1cccc(/C(N)=N/C(=O)O)c1.FC(F)(F)c1ccc2c(c1)CCO2. The Labute approximate surface area is 147 Å². The van der Waals surface area contributed by atoms with Gasteiger partial charge in [0.1, 0.15) is 11.6 Å². The fourth-order valence-electron chi connectivity index (χ4n) is 2.33. The van der Waals surface area contributed by atoms with E-state index in [2.05, 4.69) is 4.99 Å². The number of alkyl halides is 3. The fourth-order valence-corrected chi connectivity index (χ4v) is 2.33. The minimum Gasteiger partial charge on any atom is -0.493 e. The highest BCUT2D eigenvalue weighted by atomic mass is 19.4. The Kier molecular flexibility index (Phi) is 5.86. The Morgan fingerprint density at radius 3 is 2.58 bits per heavy atom. The lowest BCUT2D eigenvalue weighted by atomic mass is 10.1. The zero-order valence-electron chi connectivity index (χ0n) is 13.9. The van der Waals surface area contributed by atoms with Crippen LogP contribution in [-0.2, 0) is 12.6 Å². The number of fused-ring (bicyclic) bond motifs is 1. The van der Waals surface area contributed by atoms with E-state index in [1.807, 2.05) is 13.0 Å². The van der Waals surface area contributed by atoms with Gasteiger partial charge >= 0.3 is 12.3 Å². The lowest BCUT2D eigenvalue weighted by Crippen LogP contribution is -2.15. The number of amides is 1. The summed E-state index contributed by atoms with van der Waals surface area (Å²) in [6, 6.07) is 10.8. The molecule has 3 N–H and O–H groups in total. The number of amidine groups is 1. The molecule has 1 amide bonds. The molecule has 138 valence electrons. The van der Waals surface area contributed by atoms with E-state index in [4.69, 9.17) is 15.6 Å². The van der Waals surface area contributed by atoms with Crippen LogP contribution in [0.3, 0.4) is 0 Å². The van der Waals surface area contributed by atoms with Gasteiger partial charge in [-0.05, 0) is 36.8 Å². The summed E-state index contributed by atoms with van der Waals surface area (Å²) in [7, 11) is 0. The third kappa shape index (κ3) is 5.23. The topological polar surface area (TPSA) is 84.9 Å². The first-order valence-corrected chi connectivity index (χ1v) is 7.64. The summed E-state index contributed by atoms with van der Waals surface area (Å²) in [5.41, 5.74) is 7.12. The second-order valence-electron chi connectivity index (χ2n) is 5.57. The molecule has 1 heterocycles. The molecule has 0 aromatic heterocycles. The third-order valence-corrected chi connectivity index (χ3v) is 3.55. The number of carbonyl (C=O) groups is 1. The van der Waals surface area contributed by atoms with Crippen LogP contribution < -0.4 is 10.5 Å². The van der Waals surface area contributed by atoms with Crippen molar-refractivity contribution in [3.05, 3.63) is 64.7 Å². The quantitative estimate of drug-likeness (QED) is 0.590. The molecule has 26 heavy (non-hydrogen) atoms. The highest BCUT2D eigenvalue weighted by Gasteiger charge is 2.31. The van der Waals surface area contributed by atoms with Crippen molar-refractivity contribution in [3.63, 3.8) is 0 Å². The van der Waals surface area contributed by atoms with Crippen LogP contribution in [0.25, 0.3) is 0 Å². The van der Waals surface area contributed by atoms with Gasteiger partial charge in [0.25, 0.3) is 0 Å². The number of carboxylic acid groups (broad SMARTS) is 1. The average Bonchev–Trinajstić information content (AvgIpc) is 3.01. The van der Waals surface area contributed by atoms with Crippen molar-refractivity contribution in [3.8, 4) is 5.75 Å². The maximum atomic E-state index is 12.2. The number of rotatable bonds is 1. The zero-order chi connectivity index (χ0) is 19.3. The minimum atomic E-state index is -4.25. The molecule has 0 saturated heterocycles. The van der Waals surface area contributed by atoms with Crippen LogP contribution in [0.1, 0.15) is 22.3 Å². The van der Waals surface area contributed by atoms with Crippen molar-refractivity contribution in [2.75, 3.05) is 6.61 Å². The van der Waals surface area contributed by atoms with Crippen LogP contribution in [0.4, 0.5) is 18.0 Å². The molecule has 5 nitrogen and oxygen atoms in total. The van der Waals surface area contributed by atoms with Gasteiger partial charge in [-0.2, -0.15) is 18.2 Å². The maximum absolute atomic E-state index is 12.2. The van der Waals surface area contributed by atoms with Crippen LogP contribution in [0.5, 0.6) is 5.75 Å². The van der Waals surface area contributed by atoms with Gasteiger partial charge in [0.15, 0.2) is 0 Å². The fraction of sp³-hybridized carbons (Fsp3) is 0.222. The monoisotopic (exact) mass is 366 g/mol. The van der Waals surface area contributed by atoms with E-state index in [1.54, 1.807) is 18.2 Å². The predicted molar refractivity (Wildman–Crippen MR) is 90.6 cm³/mol. The predicted octanol–water partition coefficient (Wildman–Crippen LogP) is 4.02. The lowest BCUT2D eigenvalue weighted by Gasteiger charge is -2.07. The normalized spacial score (nSPS) is 13.3. The molecule has 0 unspecified atom stereocenters. The molecule has 0 radical (unpaired) electrons. The van der Waals surface area contributed by atoms with Crippen molar-refractivity contribution >= 4 is 11.9 Å². The van der Waals surface area contributed by atoms with E-state index in [0.29, 0.717) is 29.9 Å². The molecule has 0 aliphatic carbocycles. The van der Waals surface area contributed by atoms with Gasteiger partial charge in [0.05, 0.1) is 12.2 Å². The summed E-state index contributed by atoms with van der Waals surface area (Å²) < 4.78 is 41.7. The van der Waals surface area contributed by atoms with Gasteiger partial charge < -0.3 is 15.6 Å². The largest absolute Gasteiger partial charge is 0.493 e. The zero-order valence-corrected chi connectivity index (χ0v) is 13.9. The second kappa shape index (κ2) is 7.90. The van der Waals surface area contributed by atoms with E-state index in [9.17, 15) is 18.0 Å². The number of aliphatic imine (C=N–C) groups is 1. The molecule has 3 rings (SSSR count). The van der Waals surface area contributed by atoms with E-state index in [-0.39, 0.29) is 5.84 Å². The van der Waals surface area contributed by atoms with E-state index < -0.39 is 17.8 Å². The molecule has 0 fully saturated rings. The van der Waals surface area contributed by atoms with E-state index >= 15 is 0 Å². The summed E-state index contributed by atoms with van der Waals surface area (Å²) in [5.74, 6) is 0.601. The second-order valence-corrected chi connectivity index (χ2v) is 5.57. The Morgan fingerprint density at radius 1 is 1.23 bits per heavy atom. The molecule has 0 bridgehead atoms. The van der Waals surface area contributed by atoms with Crippen LogP contribution in [0.15, 0.2) is 47.5 Å². The average molecular weight is 366 g/mol. The summed E-state index contributed by atoms with van der Waals surface area (Å²) in [4.78, 5) is 13.4.